The largest absolute Gasteiger partial charge is 0.497 e. The molecule has 0 heterocycles. The molecule has 2 rings (SSSR count). The number of benzene rings is 1. The monoisotopic (exact) mass is 318 g/mol. The SMILES string of the molecule is COc1ccc(CCN(CC(=O)NC2CCCC2)C(C)=O)cc1. The Morgan fingerprint density at radius 3 is 2.43 bits per heavy atom. The van der Waals surface area contributed by atoms with Crippen LogP contribution in [0.1, 0.15) is 38.2 Å². The molecule has 0 saturated heterocycles. The van der Waals surface area contributed by atoms with Gasteiger partial charge in [-0.2, -0.15) is 0 Å². The molecule has 1 N–H and O–H groups in total. The molecule has 0 aliphatic heterocycles. The van der Waals surface area contributed by atoms with Gasteiger partial charge in [0.15, 0.2) is 0 Å². The van der Waals surface area contributed by atoms with Gasteiger partial charge in [-0.1, -0.05) is 25.0 Å². The summed E-state index contributed by atoms with van der Waals surface area (Å²) in [6, 6.07) is 8.06. The fraction of sp³-hybridized carbons (Fsp3) is 0.556. The summed E-state index contributed by atoms with van der Waals surface area (Å²) in [5, 5.41) is 3.03. The molecule has 23 heavy (non-hydrogen) atoms. The minimum atomic E-state index is -0.0694. The molecular formula is C18H26N2O3. The first-order valence-electron chi connectivity index (χ1n) is 8.26. The van der Waals surface area contributed by atoms with Crippen molar-refractivity contribution in [2.75, 3.05) is 20.2 Å². The number of carbonyl (C=O) groups excluding carboxylic acids is 2. The fourth-order valence-electron chi connectivity index (χ4n) is 2.92. The van der Waals surface area contributed by atoms with E-state index in [0.717, 1.165) is 30.6 Å². The average molecular weight is 318 g/mol. The number of amides is 2. The molecule has 2 amide bonds. The highest BCUT2D eigenvalue weighted by Crippen LogP contribution is 2.17. The highest BCUT2D eigenvalue weighted by molar-refractivity contribution is 5.83. The van der Waals surface area contributed by atoms with Crippen LogP contribution in [-0.2, 0) is 16.0 Å². The second-order valence-corrected chi connectivity index (χ2v) is 6.09. The van der Waals surface area contributed by atoms with Gasteiger partial charge in [0.05, 0.1) is 13.7 Å². The van der Waals surface area contributed by atoms with Gasteiger partial charge in [-0.3, -0.25) is 9.59 Å². The van der Waals surface area contributed by atoms with Crippen molar-refractivity contribution < 1.29 is 14.3 Å². The van der Waals surface area contributed by atoms with Crippen molar-refractivity contribution in [2.24, 2.45) is 0 Å². The highest BCUT2D eigenvalue weighted by Gasteiger charge is 2.19. The summed E-state index contributed by atoms with van der Waals surface area (Å²) >= 11 is 0. The number of rotatable bonds is 7. The molecule has 1 saturated carbocycles. The van der Waals surface area contributed by atoms with Gasteiger partial charge in [-0.05, 0) is 37.0 Å². The van der Waals surface area contributed by atoms with Crippen LogP contribution in [0, 0.1) is 0 Å². The van der Waals surface area contributed by atoms with Gasteiger partial charge in [0.2, 0.25) is 11.8 Å². The van der Waals surface area contributed by atoms with Crippen molar-refractivity contribution in [1.82, 2.24) is 10.2 Å². The smallest absolute Gasteiger partial charge is 0.239 e. The Bertz CT molecular complexity index is 522. The lowest BCUT2D eigenvalue weighted by atomic mass is 10.1. The number of nitrogens with one attached hydrogen (secondary N) is 1. The number of methoxy groups -OCH3 is 1. The van der Waals surface area contributed by atoms with Crippen LogP contribution in [-0.4, -0.2) is 43.0 Å². The van der Waals surface area contributed by atoms with E-state index in [1.807, 2.05) is 24.3 Å². The summed E-state index contributed by atoms with van der Waals surface area (Å²) in [5.41, 5.74) is 1.12. The number of nitrogens with zero attached hydrogens (tertiary/aromatic N) is 1. The molecular weight excluding hydrogens is 292 g/mol. The second-order valence-electron chi connectivity index (χ2n) is 6.09. The molecule has 1 aromatic rings. The lowest BCUT2D eigenvalue weighted by Crippen LogP contribution is -2.43. The normalized spacial score (nSPS) is 14.5. The van der Waals surface area contributed by atoms with E-state index in [2.05, 4.69) is 5.32 Å². The van der Waals surface area contributed by atoms with E-state index in [0.29, 0.717) is 6.54 Å². The van der Waals surface area contributed by atoms with Crippen LogP contribution in [0.5, 0.6) is 5.75 Å². The van der Waals surface area contributed by atoms with Gasteiger partial charge in [0.1, 0.15) is 5.75 Å². The topological polar surface area (TPSA) is 58.6 Å². The third-order valence-corrected chi connectivity index (χ3v) is 4.33. The van der Waals surface area contributed by atoms with Gasteiger partial charge < -0.3 is 15.0 Å². The summed E-state index contributed by atoms with van der Waals surface area (Å²) < 4.78 is 5.13. The predicted molar refractivity (Wildman–Crippen MR) is 89.4 cm³/mol. The minimum absolute atomic E-state index is 0.0539. The summed E-state index contributed by atoms with van der Waals surface area (Å²) in [5.74, 6) is 0.690. The molecule has 0 atom stereocenters. The highest BCUT2D eigenvalue weighted by atomic mass is 16.5. The molecule has 126 valence electrons. The van der Waals surface area contributed by atoms with E-state index >= 15 is 0 Å². The Morgan fingerprint density at radius 1 is 1.22 bits per heavy atom. The van der Waals surface area contributed by atoms with E-state index < -0.39 is 0 Å². The van der Waals surface area contributed by atoms with Crippen LogP contribution >= 0.6 is 0 Å². The van der Waals surface area contributed by atoms with Crippen LogP contribution in [0.15, 0.2) is 24.3 Å². The lowest BCUT2D eigenvalue weighted by molar-refractivity contribution is -0.134. The van der Waals surface area contributed by atoms with E-state index in [1.165, 1.54) is 19.8 Å². The maximum atomic E-state index is 12.1. The van der Waals surface area contributed by atoms with E-state index in [-0.39, 0.29) is 24.4 Å². The first kappa shape index (κ1) is 17.3. The van der Waals surface area contributed by atoms with Crippen molar-refractivity contribution in [3.8, 4) is 5.75 Å². The van der Waals surface area contributed by atoms with Crippen molar-refractivity contribution >= 4 is 11.8 Å². The van der Waals surface area contributed by atoms with Gasteiger partial charge in [-0.15, -0.1) is 0 Å². The van der Waals surface area contributed by atoms with Gasteiger partial charge >= 0.3 is 0 Å². The lowest BCUT2D eigenvalue weighted by Gasteiger charge is -2.22. The number of hydrogen-bond donors (Lipinski definition) is 1. The van der Waals surface area contributed by atoms with Gasteiger partial charge in [0, 0.05) is 19.5 Å². The zero-order chi connectivity index (χ0) is 16.7. The molecule has 0 spiro atoms. The summed E-state index contributed by atoms with van der Waals surface area (Å²) in [6.45, 7) is 2.19. The van der Waals surface area contributed by atoms with Crippen molar-refractivity contribution in [3.63, 3.8) is 0 Å². The summed E-state index contributed by atoms with van der Waals surface area (Å²) in [7, 11) is 1.63. The molecule has 0 radical (unpaired) electrons. The zero-order valence-corrected chi connectivity index (χ0v) is 14.0. The fourth-order valence-corrected chi connectivity index (χ4v) is 2.92. The number of carbonyl (C=O) groups is 2. The van der Waals surface area contributed by atoms with Gasteiger partial charge in [0.25, 0.3) is 0 Å². The molecule has 0 unspecified atom stereocenters. The van der Waals surface area contributed by atoms with E-state index in [9.17, 15) is 9.59 Å². The van der Waals surface area contributed by atoms with Crippen molar-refractivity contribution in [3.05, 3.63) is 29.8 Å². The standard InChI is InChI=1S/C18H26N2O3/c1-14(21)20(13-18(22)19-16-5-3-4-6-16)12-11-15-7-9-17(23-2)10-8-15/h7-10,16H,3-6,11-13H2,1-2H3,(H,19,22). The first-order chi connectivity index (χ1) is 11.1. The van der Waals surface area contributed by atoms with Crippen LogP contribution < -0.4 is 10.1 Å². The third-order valence-electron chi connectivity index (χ3n) is 4.33. The molecule has 0 aromatic heterocycles. The average Bonchev–Trinajstić information content (AvgIpc) is 3.04. The van der Waals surface area contributed by atoms with E-state index in [1.54, 1.807) is 12.0 Å². The maximum Gasteiger partial charge on any atom is 0.239 e. The van der Waals surface area contributed by atoms with E-state index in [4.69, 9.17) is 4.74 Å². The Morgan fingerprint density at radius 2 is 1.87 bits per heavy atom. The summed E-state index contributed by atoms with van der Waals surface area (Å²) in [6.07, 6.45) is 5.19. The number of ether oxygens (including phenoxy) is 1. The Balaban J connectivity index is 1.82. The third kappa shape index (κ3) is 5.58. The van der Waals surface area contributed by atoms with Crippen LogP contribution in [0.25, 0.3) is 0 Å². The molecule has 1 aliphatic rings. The zero-order valence-electron chi connectivity index (χ0n) is 14.0. The van der Waals surface area contributed by atoms with Crippen LogP contribution in [0.4, 0.5) is 0 Å². The minimum Gasteiger partial charge on any atom is -0.497 e. The quantitative estimate of drug-likeness (QED) is 0.838. The van der Waals surface area contributed by atoms with Crippen molar-refractivity contribution in [2.45, 2.75) is 45.1 Å². The molecule has 1 fully saturated rings. The second kappa shape index (κ2) is 8.56. The predicted octanol–water partition coefficient (Wildman–Crippen LogP) is 2.14. The van der Waals surface area contributed by atoms with Gasteiger partial charge in [-0.25, -0.2) is 0 Å². The Labute approximate surface area is 138 Å². The molecule has 1 aliphatic carbocycles. The van der Waals surface area contributed by atoms with Crippen LogP contribution in [0.3, 0.4) is 0 Å². The Kier molecular flexibility index (Phi) is 6.44. The molecule has 5 nitrogen and oxygen atoms in total. The number of hydrogen-bond acceptors (Lipinski definition) is 3. The summed E-state index contributed by atoms with van der Waals surface area (Å²) in [4.78, 5) is 25.5. The van der Waals surface area contributed by atoms with Crippen molar-refractivity contribution in [1.29, 1.82) is 0 Å². The molecule has 5 heteroatoms. The Hall–Kier alpha value is -2.04. The molecule has 0 bridgehead atoms. The maximum absolute atomic E-state index is 12.1. The first-order valence-corrected chi connectivity index (χ1v) is 8.26. The van der Waals surface area contributed by atoms with Crippen LogP contribution in [0.2, 0.25) is 0 Å². The molecule has 1 aromatic carbocycles.